The fourth-order valence-corrected chi connectivity index (χ4v) is 21.0. The van der Waals surface area contributed by atoms with Crippen molar-refractivity contribution in [3.8, 4) is 67.5 Å². The molecule has 148 heavy (non-hydrogen) atoms. The number of hydrogen-bond donors (Lipinski definition) is 0. The van der Waals surface area contributed by atoms with E-state index in [1.54, 1.807) is 67.3 Å². The smallest absolute Gasteiger partial charge is 0.216 e. The van der Waals surface area contributed by atoms with Crippen LogP contribution >= 0.6 is 0 Å². The number of furan rings is 3. The van der Waals surface area contributed by atoms with E-state index in [2.05, 4.69) is 140 Å². The summed E-state index contributed by atoms with van der Waals surface area (Å²) >= 11 is 0. The number of benzene rings is 6. The molecule has 0 unspecified atom stereocenters. The summed E-state index contributed by atoms with van der Waals surface area (Å²) in [6, 6.07) is 74.1. The molecule has 0 saturated heterocycles. The van der Waals surface area contributed by atoms with Gasteiger partial charge in [0.15, 0.2) is 0 Å². The Kier molecular flexibility index (Phi) is 28.6. The van der Waals surface area contributed by atoms with Crippen molar-refractivity contribution in [2.24, 2.45) is 37.9 Å². The molecule has 12 nitrogen and oxygen atoms in total. The van der Waals surface area contributed by atoms with E-state index in [9.17, 15) is 2.74 Å². The van der Waals surface area contributed by atoms with Gasteiger partial charge in [0.1, 0.15) is 0 Å². The van der Waals surface area contributed by atoms with Crippen LogP contribution in [0.15, 0.2) is 232 Å². The number of pyridine rings is 9. The van der Waals surface area contributed by atoms with Crippen molar-refractivity contribution in [3.05, 3.63) is 339 Å². The number of nitrogens with zero attached hydrogens (tertiary/aromatic N) is 9. The summed E-state index contributed by atoms with van der Waals surface area (Å²) in [5.74, 6) is -1.16. The van der Waals surface area contributed by atoms with E-state index < -0.39 is 74.1 Å². The molecule has 12 heterocycles. The summed E-state index contributed by atoms with van der Waals surface area (Å²) in [6.45, 7) is 33.0. The molecule has 4 saturated carbocycles. The number of hydrogen-bond acceptors (Lipinski definition) is 12. The van der Waals surface area contributed by atoms with Crippen LogP contribution in [0.3, 0.4) is 0 Å². The van der Waals surface area contributed by atoms with Gasteiger partial charge in [-0.3, -0.25) is 0 Å². The molecule has 12 aromatic heterocycles. The number of aromatic nitrogens is 9. The molecule has 4 fully saturated rings. The Labute approximate surface area is 948 Å². The molecule has 0 N–H and O–H groups in total. The zero-order valence-electron chi connectivity index (χ0n) is 108. The predicted octanol–water partition coefficient (Wildman–Crippen LogP) is 35.8. The van der Waals surface area contributed by atoms with Gasteiger partial charge in [-0.15, -0.1) is 161 Å². The number of aryl methyl sites for hydroxylation is 9. The van der Waals surface area contributed by atoms with E-state index in [-0.39, 0.29) is 93.3 Å². The van der Waals surface area contributed by atoms with Crippen LogP contribution in [0.5, 0.6) is 0 Å². The first-order valence-corrected chi connectivity index (χ1v) is 51.0. The SMILES string of the molecule is [2H]C([2H])([2H])c1c[c-]c(-c2cc(C)c(C([2H])([2H])C(C)(C)C)cn2)cc1.[2H]C([2H])([2H])c1c[c-]c(-c2cc(C)c(C([2H])([2H])C(C)(C)C)cn2)cc1.[2H]C([2H])([2H])c1c[c-]c(-c2cc(C)c(C([2H])([2H])C(C)(C)C)cn2)cc1.[2H]C([2H])(c1ccnc(-c2[c-]ccc3c2oc2nc(C)ccc23)c1)C1(C)CCCC1.[2H]C1(c2ccnc(-c3[c-]ccc4c3oc3nc(C)ccc34)c2)CC(C)(C)CC(C)(C)C1.[2H]C1(c2ccnc(-c3[c-]ccc4c3oc3nc(C)ccc34)c2)CCC2(CCCCC2)CC1.[Ir].[Ir].[Ir]. The van der Waals surface area contributed by atoms with E-state index in [0.717, 1.165) is 174 Å². The van der Waals surface area contributed by atoms with Gasteiger partial charge in [0.25, 0.3) is 0 Å². The molecule has 15 heteroatoms. The quantitative estimate of drug-likeness (QED) is 0.101. The van der Waals surface area contributed by atoms with E-state index in [1.807, 2.05) is 213 Å². The second-order valence-electron chi connectivity index (χ2n) is 45.1. The van der Waals surface area contributed by atoms with Gasteiger partial charge < -0.3 is 43.2 Å². The van der Waals surface area contributed by atoms with Gasteiger partial charge >= 0.3 is 0 Å². The Balaban J connectivity index is 0.000000155. The molecule has 18 aromatic rings. The fraction of sp³-hybridized carbons (Fsp3) is 0.391. The first-order chi connectivity index (χ1) is 76.5. The van der Waals surface area contributed by atoms with Crippen molar-refractivity contribution >= 4 is 66.2 Å². The molecular weight excluding hydrogens is 2350 g/mol. The summed E-state index contributed by atoms with van der Waals surface area (Å²) in [5.41, 5.74) is 22.0. The minimum Gasteiger partial charge on any atom is -0.486 e. The van der Waals surface area contributed by atoms with Crippen LogP contribution in [0.25, 0.3) is 134 Å². The Morgan fingerprint density at radius 2 is 0.709 bits per heavy atom. The third-order valence-electron chi connectivity index (χ3n) is 27.6. The predicted molar refractivity (Wildman–Crippen MR) is 600 cm³/mol. The van der Waals surface area contributed by atoms with Crippen LogP contribution in [0, 0.1) is 136 Å². The Morgan fingerprint density at radius 3 is 1.05 bits per heavy atom. The van der Waals surface area contributed by atoms with Crippen LogP contribution in [0.1, 0.15) is 321 Å². The molecule has 0 aliphatic heterocycles. The van der Waals surface area contributed by atoms with Gasteiger partial charge in [0, 0.05) is 157 Å². The topological polar surface area (TPSA) is 155 Å². The first kappa shape index (κ1) is 88.7. The standard InChI is InChI=1S/C28H29N2O.C27H29N2O.C24H23N2O.3C18H22N.3Ir/c1-19-8-9-23-22-6-5-7-24(26(22)31-27(23)30-19)25-18-21(12-17-29-25)20-10-15-28(16-11-20)13-3-2-4-14-28;1-17-9-10-21-20-7-6-8-22(24(20)30-25(21)29-17)23-13-18(11-12-28-23)19-14-26(2,3)16-27(4,5)15-19;1-16-8-9-19-18-6-5-7-20(22(18)27-23(19)26-16)21-14-17(10-13-25-21)15-24(2)11-3-4-12-24;3*1-13-6-8-15(9-7-13)17-10-14(2)16(12-19-17)11-18(3,4)5;;;/h5-6,8-9,12,17-18,20H,2-4,10-11,13-16H2,1H3;6-7,9-13,19H,14-16H2,1-5H3;5-6,8-10,13-14H,3-4,11-12,15H2,1-2H3;3*6-8,10,12H,11H2,1-5H3;;;/q6*-1;;;/i20D;19D;15D2;3*1D3,11D2;;;. The van der Waals surface area contributed by atoms with Gasteiger partial charge in [-0.25, -0.2) is 15.0 Å². The van der Waals surface area contributed by atoms with Crippen molar-refractivity contribution < 1.29 is 99.6 Å². The second kappa shape index (κ2) is 47.7. The summed E-state index contributed by atoms with van der Waals surface area (Å²) in [6.07, 6.45) is 22.1. The normalized spacial score (nSPS) is 18.3. The van der Waals surface area contributed by atoms with Crippen molar-refractivity contribution in [1.82, 2.24) is 44.9 Å². The van der Waals surface area contributed by atoms with E-state index in [4.69, 9.17) is 36.6 Å². The zero-order chi connectivity index (χ0) is 119. The fourth-order valence-electron chi connectivity index (χ4n) is 21.0. The molecule has 775 valence electrons. The molecule has 0 atom stereocenters. The van der Waals surface area contributed by atoms with E-state index in [0.29, 0.717) is 89.9 Å². The summed E-state index contributed by atoms with van der Waals surface area (Å²) in [4.78, 5) is 40.6. The van der Waals surface area contributed by atoms with Gasteiger partial charge in [-0.2, -0.15) is 0 Å². The van der Waals surface area contributed by atoms with Crippen LogP contribution in [0.4, 0.5) is 0 Å². The second-order valence-corrected chi connectivity index (χ2v) is 45.1. The Hall–Kier alpha value is -11.0. The van der Waals surface area contributed by atoms with Gasteiger partial charge in [0.05, 0.1) is 16.7 Å². The third kappa shape index (κ3) is 28.4. The third-order valence-corrected chi connectivity index (χ3v) is 27.6. The summed E-state index contributed by atoms with van der Waals surface area (Å²) in [7, 11) is 0. The van der Waals surface area contributed by atoms with Crippen molar-refractivity contribution in [1.29, 1.82) is 0 Å². The first-order valence-electron chi connectivity index (χ1n) is 60.5. The minimum absolute atomic E-state index is 0. The minimum atomic E-state index is -2.15. The number of fused-ring (bicyclic) bond motifs is 9. The van der Waals surface area contributed by atoms with Crippen LogP contribution in [-0.2, 0) is 85.8 Å². The molecule has 4 aliphatic carbocycles. The summed E-state index contributed by atoms with van der Waals surface area (Å²) in [5, 5.41) is 6.00. The van der Waals surface area contributed by atoms with Crippen molar-refractivity contribution in [2.75, 3.05) is 0 Å². The van der Waals surface area contributed by atoms with Gasteiger partial charge in [0.2, 0.25) is 17.1 Å². The molecule has 4 aliphatic rings. The largest absolute Gasteiger partial charge is 0.486 e. The Bertz CT molecular complexity index is 8220. The average molecular weight is 2520 g/mol. The van der Waals surface area contributed by atoms with Crippen LogP contribution in [-0.4, -0.2) is 44.9 Å². The zero-order valence-corrected chi connectivity index (χ0v) is 96.0. The maximum Gasteiger partial charge on any atom is 0.216 e. The van der Waals surface area contributed by atoms with E-state index in [1.165, 1.54) is 63.1 Å². The monoisotopic (exact) mass is 2520 g/mol. The van der Waals surface area contributed by atoms with Crippen molar-refractivity contribution in [2.45, 2.75) is 299 Å². The average Bonchev–Trinajstić information content (AvgIpc) is 1.70. The maximum absolute atomic E-state index is 9.43. The molecular formula is C133H147Ir3N9O3-6. The molecule has 3 radical (unpaired) electrons. The Morgan fingerprint density at radius 1 is 0.365 bits per heavy atom. The van der Waals surface area contributed by atoms with Crippen LogP contribution < -0.4 is 0 Å². The molecule has 1 spiro atoms. The molecule has 22 rings (SSSR count). The van der Waals surface area contributed by atoms with Gasteiger partial charge in [-0.05, 0) is 293 Å². The van der Waals surface area contributed by atoms with Gasteiger partial charge in [-0.1, -0.05) is 252 Å². The van der Waals surface area contributed by atoms with Crippen molar-refractivity contribution in [3.63, 3.8) is 0 Å². The molecule has 6 aromatic carbocycles. The molecule has 0 bridgehead atoms. The molecule has 0 amide bonds. The van der Waals surface area contributed by atoms with E-state index >= 15 is 0 Å². The van der Waals surface area contributed by atoms with Crippen LogP contribution in [0.2, 0.25) is 0 Å². The number of rotatable bonds is 13. The maximum atomic E-state index is 9.43. The summed E-state index contributed by atoms with van der Waals surface area (Å²) < 4.78 is 172.